The van der Waals surface area contributed by atoms with Gasteiger partial charge in [-0.15, -0.1) is 21.5 Å². The second kappa shape index (κ2) is 6.13. The Balaban J connectivity index is 1.87. The molecule has 0 spiro atoms. The van der Waals surface area contributed by atoms with Gasteiger partial charge < -0.3 is 5.32 Å². The van der Waals surface area contributed by atoms with Crippen LogP contribution in [0.2, 0.25) is 0 Å². The molecule has 0 atom stereocenters. The Morgan fingerprint density at radius 2 is 2.41 bits per heavy atom. The lowest BCUT2D eigenvalue weighted by atomic mass is 10.4. The van der Waals surface area contributed by atoms with Crippen LogP contribution >= 0.6 is 34.4 Å². The van der Waals surface area contributed by atoms with Crippen LogP contribution in [-0.2, 0) is 0 Å². The summed E-state index contributed by atoms with van der Waals surface area (Å²) in [5.41, 5.74) is 0. The van der Waals surface area contributed by atoms with Crippen LogP contribution in [0.4, 0.5) is 5.13 Å². The van der Waals surface area contributed by atoms with Gasteiger partial charge in [-0.1, -0.05) is 29.2 Å². The summed E-state index contributed by atoms with van der Waals surface area (Å²) in [6.07, 6.45) is 0. The number of thioether (sulfide) groups is 1. The third-order valence-electron chi connectivity index (χ3n) is 1.86. The van der Waals surface area contributed by atoms with Gasteiger partial charge >= 0.3 is 0 Å². The second-order valence-electron chi connectivity index (χ2n) is 3.09. The molecule has 0 unspecified atom stereocenters. The van der Waals surface area contributed by atoms with Gasteiger partial charge in [-0.25, -0.2) is 0 Å². The number of carbonyl (C=O) groups is 1. The molecule has 0 aromatic carbocycles. The van der Waals surface area contributed by atoms with Gasteiger partial charge in [-0.3, -0.25) is 4.79 Å². The maximum Gasteiger partial charge on any atom is 0.206 e. The zero-order valence-corrected chi connectivity index (χ0v) is 11.6. The normalized spacial score (nSPS) is 10.4. The van der Waals surface area contributed by atoms with Crippen LogP contribution in [0.1, 0.15) is 16.6 Å². The fourth-order valence-electron chi connectivity index (χ4n) is 1.13. The Labute approximate surface area is 111 Å². The topological polar surface area (TPSA) is 54.9 Å². The zero-order chi connectivity index (χ0) is 12.1. The van der Waals surface area contributed by atoms with Crippen molar-refractivity contribution < 1.29 is 4.79 Å². The van der Waals surface area contributed by atoms with Gasteiger partial charge in [-0.05, 0) is 18.4 Å². The van der Waals surface area contributed by atoms with E-state index in [1.807, 2.05) is 24.4 Å². The largest absolute Gasteiger partial charge is 0.360 e. The second-order valence-corrected chi connectivity index (χ2v) is 6.24. The van der Waals surface area contributed by atoms with E-state index in [1.165, 1.54) is 34.4 Å². The summed E-state index contributed by atoms with van der Waals surface area (Å²) in [5.74, 6) is 0.562. The smallest absolute Gasteiger partial charge is 0.206 e. The van der Waals surface area contributed by atoms with Gasteiger partial charge in [0.2, 0.25) is 5.13 Å². The van der Waals surface area contributed by atoms with E-state index >= 15 is 0 Å². The highest BCUT2D eigenvalue weighted by Gasteiger charge is 2.10. The molecule has 0 aliphatic carbocycles. The van der Waals surface area contributed by atoms with Crippen molar-refractivity contribution >= 4 is 45.4 Å². The maximum absolute atomic E-state index is 11.7. The molecule has 1 N–H and O–H groups in total. The number of anilines is 1. The van der Waals surface area contributed by atoms with E-state index in [0.717, 1.165) is 20.9 Å². The molecule has 4 nitrogen and oxygen atoms in total. The lowest BCUT2D eigenvalue weighted by Gasteiger charge is -1.94. The van der Waals surface area contributed by atoms with Crippen molar-refractivity contribution in [2.24, 2.45) is 0 Å². The lowest BCUT2D eigenvalue weighted by molar-refractivity contribution is 0.102. The van der Waals surface area contributed by atoms with Crippen LogP contribution in [0.15, 0.2) is 21.9 Å². The standard InChI is InChI=1S/C10H11N3OS3/c1-2-11-9-12-13-10(17-9)16-6-7(14)8-4-3-5-15-8/h3-5H,2,6H2,1H3,(H,11,12). The Kier molecular flexibility index (Phi) is 4.52. The van der Waals surface area contributed by atoms with Gasteiger partial charge in [0.1, 0.15) is 0 Å². The Hall–Kier alpha value is -0.920. The van der Waals surface area contributed by atoms with Gasteiger partial charge in [0.15, 0.2) is 10.1 Å². The summed E-state index contributed by atoms with van der Waals surface area (Å²) in [6, 6.07) is 3.73. The fraction of sp³-hybridized carbons (Fsp3) is 0.300. The van der Waals surface area contributed by atoms with E-state index in [1.54, 1.807) is 0 Å². The van der Waals surface area contributed by atoms with Crippen molar-refractivity contribution in [3.63, 3.8) is 0 Å². The number of nitrogens with zero attached hydrogens (tertiary/aromatic N) is 2. The third-order valence-corrected chi connectivity index (χ3v) is 4.78. The average Bonchev–Trinajstić information content (AvgIpc) is 2.97. The minimum absolute atomic E-state index is 0.144. The van der Waals surface area contributed by atoms with Crippen LogP contribution < -0.4 is 5.32 Å². The highest BCUT2D eigenvalue weighted by atomic mass is 32.2. The average molecular weight is 285 g/mol. The molecule has 0 aliphatic heterocycles. The quantitative estimate of drug-likeness (QED) is 0.653. The van der Waals surface area contributed by atoms with Crippen molar-refractivity contribution in [1.29, 1.82) is 0 Å². The van der Waals surface area contributed by atoms with Crippen LogP contribution in [0.25, 0.3) is 0 Å². The highest BCUT2D eigenvalue weighted by Crippen LogP contribution is 2.26. The number of aromatic nitrogens is 2. The number of carbonyl (C=O) groups excluding carboxylic acids is 1. The molecule has 0 aliphatic rings. The summed E-state index contributed by atoms with van der Waals surface area (Å²) in [7, 11) is 0. The number of hydrogen-bond donors (Lipinski definition) is 1. The van der Waals surface area contributed by atoms with Crippen LogP contribution in [0, 0.1) is 0 Å². The first-order valence-corrected chi connectivity index (χ1v) is 7.74. The highest BCUT2D eigenvalue weighted by molar-refractivity contribution is 8.01. The Bertz CT molecular complexity index is 481. The van der Waals surface area contributed by atoms with E-state index < -0.39 is 0 Å². The predicted octanol–water partition coefficient (Wildman–Crippen LogP) is 3.01. The monoisotopic (exact) mass is 285 g/mol. The molecule has 2 rings (SSSR count). The summed E-state index contributed by atoms with van der Waals surface area (Å²) >= 11 is 4.38. The molecule has 7 heteroatoms. The van der Waals surface area contributed by atoms with Gasteiger partial charge in [0, 0.05) is 6.54 Å². The number of Topliss-reactive ketones (excluding diaryl/α,β-unsaturated/α-hetero) is 1. The van der Waals surface area contributed by atoms with Gasteiger partial charge in [0.25, 0.3) is 0 Å². The molecule has 90 valence electrons. The van der Waals surface area contributed by atoms with E-state index in [0.29, 0.717) is 5.75 Å². The molecule has 17 heavy (non-hydrogen) atoms. The van der Waals surface area contributed by atoms with Crippen molar-refractivity contribution in [1.82, 2.24) is 10.2 Å². The molecule has 0 fully saturated rings. The van der Waals surface area contributed by atoms with Crippen molar-refractivity contribution in [3.8, 4) is 0 Å². The first-order chi connectivity index (χ1) is 8.29. The SMILES string of the molecule is CCNc1nnc(SCC(=O)c2cccs2)s1. The zero-order valence-electron chi connectivity index (χ0n) is 9.17. The number of hydrogen-bond acceptors (Lipinski definition) is 7. The molecular weight excluding hydrogens is 274 g/mol. The molecule has 0 radical (unpaired) electrons. The van der Waals surface area contributed by atoms with Crippen LogP contribution in [-0.4, -0.2) is 28.3 Å². The van der Waals surface area contributed by atoms with Crippen LogP contribution in [0.3, 0.4) is 0 Å². The van der Waals surface area contributed by atoms with E-state index in [2.05, 4.69) is 15.5 Å². The van der Waals surface area contributed by atoms with Gasteiger partial charge in [-0.2, -0.15) is 0 Å². The number of rotatable bonds is 6. The molecular formula is C10H11N3OS3. The molecule has 0 saturated heterocycles. The van der Waals surface area contributed by atoms with E-state index in [9.17, 15) is 4.79 Å². The first kappa shape index (κ1) is 12.5. The molecule has 0 saturated carbocycles. The van der Waals surface area contributed by atoms with Crippen molar-refractivity contribution in [3.05, 3.63) is 22.4 Å². The molecule has 2 aromatic rings. The van der Waals surface area contributed by atoms with Gasteiger partial charge in [0.05, 0.1) is 10.6 Å². The Morgan fingerprint density at radius 1 is 1.53 bits per heavy atom. The molecule has 0 amide bonds. The Morgan fingerprint density at radius 3 is 3.12 bits per heavy atom. The van der Waals surface area contributed by atoms with E-state index in [-0.39, 0.29) is 5.78 Å². The minimum atomic E-state index is 0.144. The summed E-state index contributed by atoms with van der Waals surface area (Å²) < 4.78 is 0.825. The molecule has 0 bridgehead atoms. The van der Waals surface area contributed by atoms with E-state index in [4.69, 9.17) is 0 Å². The number of ketones is 1. The minimum Gasteiger partial charge on any atom is -0.360 e. The first-order valence-electron chi connectivity index (χ1n) is 5.06. The lowest BCUT2D eigenvalue weighted by Crippen LogP contribution is -1.98. The number of thiophene rings is 1. The van der Waals surface area contributed by atoms with Crippen molar-refractivity contribution in [2.75, 3.05) is 17.6 Å². The summed E-state index contributed by atoms with van der Waals surface area (Å²) in [5, 5.41) is 13.8. The third kappa shape index (κ3) is 3.52. The summed E-state index contributed by atoms with van der Waals surface area (Å²) in [4.78, 5) is 12.5. The summed E-state index contributed by atoms with van der Waals surface area (Å²) in [6.45, 7) is 2.84. The molecule has 2 aromatic heterocycles. The number of nitrogens with one attached hydrogen (secondary N) is 1. The van der Waals surface area contributed by atoms with Crippen LogP contribution in [0.5, 0.6) is 0 Å². The maximum atomic E-state index is 11.7. The predicted molar refractivity (Wildman–Crippen MR) is 73.4 cm³/mol. The van der Waals surface area contributed by atoms with Crippen molar-refractivity contribution in [2.45, 2.75) is 11.3 Å². The molecule has 2 heterocycles. The fourth-order valence-corrected chi connectivity index (χ4v) is 3.59.